The third-order valence-electron chi connectivity index (χ3n) is 3.34. The summed E-state index contributed by atoms with van der Waals surface area (Å²) in [5.74, 6) is -0.671. The number of rotatable bonds is 14. The first kappa shape index (κ1) is 22.7. The van der Waals surface area contributed by atoms with Crippen LogP contribution in [-0.2, 0) is 21.6 Å². The predicted octanol–water partition coefficient (Wildman–Crippen LogP) is 5.88. The summed E-state index contributed by atoms with van der Waals surface area (Å²) in [6.45, 7) is 2.23. The number of carboxylic acid groups (broad SMARTS) is 1. The molecule has 2 nitrogen and oxygen atoms in total. The van der Waals surface area contributed by atoms with Gasteiger partial charge in [-0.1, -0.05) is 63.3 Å². The largest absolute Gasteiger partial charge is 0.481 e. The molecule has 0 amide bonds. The van der Waals surface area contributed by atoms with Crippen molar-refractivity contribution in [1.29, 1.82) is 0 Å². The van der Waals surface area contributed by atoms with Gasteiger partial charge in [0, 0.05) is 23.2 Å². The summed E-state index contributed by atoms with van der Waals surface area (Å²) in [7, 11) is 0. The molecule has 0 aromatic heterocycles. The maximum atomic E-state index is 10.3. The van der Waals surface area contributed by atoms with Gasteiger partial charge in [-0.15, -0.1) is 0 Å². The molecule has 3 heteroatoms. The number of unbranched alkanes of at least 4 members (excludes halogenated alkanes) is 8. The molecule has 0 unspecified atom stereocenters. The van der Waals surface area contributed by atoms with Crippen molar-refractivity contribution in [3.8, 4) is 0 Å². The summed E-state index contributed by atoms with van der Waals surface area (Å²) in [5.41, 5.74) is 0. The molecule has 0 aliphatic carbocycles. The molecule has 0 fully saturated rings. The zero-order valence-corrected chi connectivity index (χ0v) is 14.5. The third-order valence-corrected chi connectivity index (χ3v) is 3.34. The van der Waals surface area contributed by atoms with Crippen LogP contribution in [0.3, 0.4) is 0 Å². The van der Waals surface area contributed by atoms with E-state index in [0.29, 0.717) is 6.42 Å². The van der Waals surface area contributed by atoms with Gasteiger partial charge in [0.15, 0.2) is 0 Å². The number of carbonyl (C=O) groups is 1. The molecule has 0 atom stereocenters. The Balaban J connectivity index is 0. The quantitative estimate of drug-likeness (QED) is 0.317. The molecule has 0 aliphatic rings. The molecule has 0 heterocycles. The van der Waals surface area contributed by atoms with Gasteiger partial charge in [0.05, 0.1) is 0 Å². The first-order valence-electron chi connectivity index (χ1n) is 8.29. The van der Waals surface area contributed by atoms with E-state index in [1.54, 1.807) is 0 Å². The van der Waals surface area contributed by atoms with Crippen LogP contribution in [0.4, 0.5) is 0 Å². The molecule has 0 spiro atoms. The van der Waals surface area contributed by atoms with E-state index in [0.717, 1.165) is 25.7 Å². The Morgan fingerprint density at radius 1 is 0.810 bits per heavy atom. The van der Waals surface area contributed by atoms with E-state index >= 15 is 0 Å². The van der Waals surface area contributed by atoms with Crippen molar-refractivity contribution < 1.29 is 26.7 Å². The second kappa shape index (κ2) is 19.5. The Bertz CT molecular complexity index is 272. The predicted molar refractivity (Wildman–Crippen MR) is 87.0 cm³/mol. The molecule has 0 saturated heterocycles. The summed E-state index contributed by atoms with van der Waals surface area (Å²) in [6, 6.07) is 0. The van der Waals surface area contributed by atoms with Crippen molar-refractivity contribution in [3.05, 3.63) is 24.3 Å². The van der Waals surface area contributed by atoms with Gasteiger partial charge in [0.25, 0.3) is 0 Å². The Morgan fingerprint density at radius 3 is 1.90 bits per heavy atom. The first-order valence-corrected chi connectivity index (χ1v) is 8.29. The summed E-state index contributed by atoms with van der Waals surface area (Å²) < 4.78 is 0. The Morgan fingerprint density at radius 2 is 1.33 bits per heavy atom. The van der Waals surface area contributed by atoms with Crippen LogP contribution in [0.25, 0.3) is 0 Å². The van der Waals surface area contributed by atoms with Crippen molar-refractivity contribution >= 4 is 5.97 Å². The van der Waals surface area contributed by atoms with E-state index in [4.69, 9.17) is 5.11 Å². The van der Waals surface area contributed by atoms with Crippen LogP contribution in [0, 0.1) is 0 Å². The van der Waals surface area contributed by atoms with Crippen LogP contribution >= 0.6 is 0 Å². The van der Waals surface area contributed by atoms with Gasteiger partial charge in [-0.25, -0.2) is 0 Å². The van der Waals surface area contributed by atoms with Gasteiger partial charge < -0.3 is 5.11 Å². The molecule has 1 N–H and O–H groups in total. The van der Waals surface area contributed by atoms with Crippen molar-refractivity contribution in [3.63, 3.8) is 0 Å². The van der Waals surface area contributed by atoms with Crippen LogP contribution in [0.1, 0.15) is 84.0 Å². The van der Waals surface area contributed by atoms with Gasteiger partial charge in [0.1, 0.15) is 0 Å². The number of hydrogen-bond acceptors (Lipinski definition) is 1. The average Bonchev–Trinajstić information content (AvgIpc) is 2.43. The summed E-state index contributed by atoms with van der Waals surface area (Å²) in [5, 5.41) is 8.50. The monoisotopic (exact) mass is 339 g/mol. The van der Waals surface area contributed by atoms with E-state index in [1.807, 2.05) is 0 Å². The van der Waals surface area contributed by atoms with E-state index in [1.165, 1.54) is 44.9 Å². The van der Waals surface area contributed by atoms with Crippen molar-refractivity contribution in [1.82, 2.24) is 0 Å². The molecule has 0 saturated carbocycles. The van der Waals surface area contributed by atoms with E-state index in [2.05, 4.69) is 31.2 Å². The Kier molecular flexibility index (Phi) is 21.1. The molecular formula is C18H32CoO2. The van der Waals surface area contributed by atoms with Crippen molar-refractivity contribution in [2.45, 2.75) is 84.0 Å². The van der Waals surface area contributed by atoms with Gasteiger partial charge in [-0.3, -0.25) is 4.79 Å². The molecule has 0 aromatic rings. The molecule has 1 radical (unpaired) electrons. The van der Waals surface area contributed by atoms with Crippen molar-refractivity contribution in [2.75, 3.05) is 0 Å². The van der Waals surface area contributed by atoms with Gasteiger partial charge in [-0.2, -0.15) is 0 Å². The van der Waals surface area contributed by atoms with Crippen LogP contribution in [0.15, 0.2) is 24.3 Å². The summed E-state index contributed by atoms with van der Waals surface area (Å²) in [4.78, 5) is 10.3. The van der Waals surface area contributed by atoms with Crippen LogP contribution in [0.2, 0.25) is 0 Å². The fourth-order valence-corrected chi connectivity index (χ4v) is 2.09. The third kappa shape index (κ3) is 21.9. The maximum absolute atomic E-state index is 10.3. The van der Waals surface area contributed by atoms with Gasteiger partial charge >= 0.3 is 5.97 Å². The second-order valence-electron chi connectivity index (χ2n) is 5.37. The SMILES string of the molecule is CCCCC/C=C\C/C=C\CCCCCCCC(=O)O.[Co]. The van der Waals surface area contributed by atoms with E-state index in [9.17, 15) is 4.79 Å². The van der Waals surface area contributed by atoms with Gasteiger partial charge in [-0.05, 0) is 38.5 Å². The molecule has 0 aliphatic heterocycles. The number of hydrogen-bond donors (Lipinski definition) is 1. The number of aliphatic carboxylic acids is 1. The molecule has 0 bridgehead atoms. The maximum Gasteiger partial charge on any atom is 0.303 e. The molecular weight excluding hydrogens is 307 g/mol. The number of allylic oxidation sites excluding steroid dienone is 4. The topological polar surface area (TPSA) is 37.3 Å². The number of carboxylic acids is 1. The Hall–Kier alpha value is -0.544. The Labute approximate surface area is 141 Å². The molecule has 21 heavy (non-hydrogen) atoms. The minimum atomic E-state index is -0.671. The molecule has 0 rings (SSSR count). The minimum Gasteiger partial charge on any atom is -0.481 e. The summed E-state index contributed by atoms with van der Waals surface area (Å²) >= 11 is 0. The molecule has 0 aromatic carbocycles. The van der Waals surface area contributed by atoms with Crippen LogP contribution in [0.5, 0.6) is 0 Å². The normalized spacial score (nSPS) is 11.1. The van der Waals surface area contributed by atoms with Crippen LogP contribution < -0.4 is 0 Å². The first-order chi connectivity index (χ1) is 9.77. The standard InChI is InChI=1S/C18H32O2.Co/c1-2-3-4-5-6-7-8-9-10-11-12-13-14-15-16-17-18(19)20;/h6-7,9-10H,2-5,8,11-17H2,1H3,(H,19,20);/b7-6-,10-9-;. The van der Waals surface area contributed by atoms with E-state index in [-0.39, 0.29) is 16.8 Å². The zero-order valence-electron chi connectivity index (χ0n) is 13.5. The zero-order chi connectivity index (χ0) is 14.9. The second-order valence-corrected chi connectivity index (χ2v) is 5.37. The van der Waals surface area contributed by atoms with Gasteiger partial charge in [0.2, 0.25) is 0 Å². The molecule has 125 valence electrons. The fourth-order valence-electron chi connectivity index (χ4n) is 2.09. The average molecular weight is 339 g/mol. The smallest absolute Gasteiger partial charge is 0.303 e. The minimum absolute atomic E-state index is 0. The fraction of sp³-hybridized carbons (Fsp3) is 0.722. The van der Waals surface area contributed by atoms with Crippen molar-refractivity contribution in [2.24, 2.45) is 0 Å². The van der Waals surface area contributed by atoms with Crippen LogP contribution in [-0.4, -0.2) is 11.1 Å². The van der Waals surface area contributed by atoms with E-state index < -0.39 is 5.97 Å². The summed E-state index contributed by atoms with van der Waals surface area (Å²) in [6.07, 6.45) is 22.3.